The van der Waals surface area contributed by atoms with Gasteiger partial charge in [-0.2, -0.15) is 0 Å². The first kappa shape index (κ1) is 18.6. The predicted octanol–water partition coefficient (Wildman–Crippen LogP) is 1.03. The SMILES string of the molecule is COc1ccc(OC)c(N2CCN(C(=O)c3ccccc3C(=O)[O-])CC2)c1. The highest BCUT2D eigenvalue weighted by Crippen LogP contribution is 2.33. The van der Waals surface area contributed by atoms with Crippen molar-refractivity contribution in [1.29, 1.82) is 0 Å². The number of piperazine rings is 1. The molecule has 0 atom stereocenters. The molecule has 1 aliphatic heterocycles. The second kappa shape index (κ2) is 7.99. The van der Waals surface area contributed by atoms with Crippen molar-refractivity contribution in [3.8, 4) is 11.5 Å². The summed E-state index contributed by atoms with van der Waals surface area (Å²) in [5.74, 6) is -0.184. The van der Waals surface area contributed by atoms with Crippen LogP contribution < -0.4 is 19.5 Å². The first-order valence-electron chi connectivity index (χ1n) is 8.61. The standard InChI is InChI=1S/C20H22N2O5/c1-26-14-7-8-18(27-2)17(13-14)21-9-11-22(12-10-21)19(23)15-5-3-4-6-16(15)20(24)25/h3-8,13H,9-12H2,1-2H3,(H,24,25)/p-1. The van der Waals surface area contributed by atoms with E-state index in [1.165, 1.54) is 12.1 Å². The molecular formula is C20H21N2O5-. The molecule has 0 aliphatic carbocycles. The number of anilines is 1. The van der Waals surface area contributed by atoms with E-state index in [0.717, 1.165) is 17.2 Å². The van der Waals surface area contributed by atoms with Crippen LogP contribution in [0.25, 0.3) is 0 Å². The highest BCUT2D eigenvalue weighted by atomic mass is 16.5. The summed E-state index contributed by atoms with van der Waals surface area (Å²) in [5.41, 5.74) is 0.975. The number of aromatic carboxylic acids is 1. The summed E-state index contributed by atoms with van der Waals surface area (Å²) in [7, 11) is 3.22. The van der Waals surface area contributed by atoms with E-state index >= 15 is 0 Å². The van der Waals surface area contributed by atoms with E-state index in [9.17, 15) is 14.7 Å². The van der Waals surface area contributed by atoms with Gasteiger partial charge < -0.3 is 29.2 Å². The van der Waals surface area contributed by atoms with E-state index in [4.69, 9.17) is 9.47 Å². The summed E-state index contributed by atoms with van der Waals surface area (Å²) in [5, 5.41) is 11.3. The number of nitrogens with zero attached hydrogens (tertiary/aromatic N) is 2. The molecule has 142 valence electrons. The van der Waals surface area contributed by atoms with Gasteiger partial charge in [-0.1, -0.05) is 18.2 Å². The molecule has 0 bridgehead atoms. The summed E-state index contributed by atoms with van der Waals surface area (Å²) >= 11 is 0. The van der Waals surface area contributed by atoms with Crippen LogP contribution in [-0.4, -0.2) is 57.2 Å². The van der Waals surface area contributed by atoms with Crippen LogP contribution >= 0.6 is 0 Å². The summed E-state index contributed by atoms with van der Waals surface area (Å²) in [4.78, 5) is 27.8. The smallest absolute Gasteiger partial charge is 0.254 e. The van der Waals surface area contributed by atoms with Gasteiger partial charge in [0.15, 0.2) is 0 Å². The quantitative estimate of drug-likeness (QED) is 0.783. The fraction of sp³-hybridized carbons (Fsp3) is 0.300. The zero-order chi connectivity index (χ0) is 19.4. The average Bonchev–Trinajstić information content (AvgIpc) is 2.72. The molecule has 7 heteroatoms. The zero-order valence-electron chi connectivity index (χ0n) is 15.3. The molecule has 0 spiro atoms. The van der Waals surface area contributed by atoms with Crippen LogP contribution in [0.1, 0.15) is 20.7 Å². The van der Waals surface area contributed by atoms with Crippen LogP contribution in [0.5, 0.6) is 11.5 Å². The van der Waals surface area contributed by atoms with E-state index in [2.05, 4.69) is 4.90 Å². The minimum absolute atomic E-state index is 0.0839. The number of benzene rings is 2. The van der Waals surface area contributed by atoms with Crippen LogP contribution in [-0.2, 0) is 0 Å². The van der Waals surface area contributed by atoms with Gasteiger partial charge >= 0.3 is 0 Å². The molecule has 0 N–H and O–H groups in total. The lowest BCUT2D eigenvalue weighted by atomic mass is 10.1. The number of carbonyl (C=O) groups is 2. The first-order chi connectivity index (χ1) is 13.0. The van der Waals surface area contributed by atoms with Gasteiger partial charge in [0, 0.05) is 43.4 Å². The second-order valence-electron chi connectivity index (χ2n) is 6.15. The number of hydrogen-bond donors (Lipinski definition) is 0. The molecule has 27 heavy (non-hydrogen) atoms. The Hall–Kier alpha value is -3.22. The number of carbonyl (C=O) groups excluding carboxylic acids is 2. The molecule has 2 aromatic rings. The highest BCUT2D eigenvalue weighted by Gasteiger charge is 2.25. The van der Waals surface area contributed by atoms with Crippen molar-refractivity contribution in [3.05, 3.63) is 53.6 Å². The summed E-state index contributed by atoms with van der Waals surface area (Å²) < 4.78 is 10.7. The van der Waals surface area contributed by atoms with Crippen LogP contribution in [0.3, 0.4) is 0 Å². The fourth-order valence-corrected chi connectivity index (χ4v) is 3.21. The summed E-state index contributed by atoms with van der Waals surface area (Å²) in [6, 6.07) is 11.7. The molecule has 1 saturated heterocycles. The second-order valence-corrected chi connectivity index (χ2v) is 6.15. The van der Waals surface area contributed by atoms with E-state index in [1.54, 1.807) is 31.3 Å². The fourth-order valence-electron chi connectivity index (χ4n) is 3.21. The third-order valence-electron chi connectivity index (χ3n) is 4.67. The van der Waals surface area contributed by atoms with Crippen molar-refractivity contribution in [3.63, 3.8) is 0 Å². The zero-order valence-corrected chi connectivity index (χ0v) is 15.3. The third-order valence-corrected chi connectivity index (χ3v) is 4.67. The number of amides is 1. The van der Waals surface area contributed by atoms with Gasteiger partial charge in [-0.25, -0.2) is 0 Å². The van der Waals surface area contributed by atoms with Crippen LogP contribution in [0, 0.1) is 0 Å². The molecule has 2 aromatic carbocycles. The molecule has 0 aromatic heterocycles. The Morgan fingerprint density at radius 2 is 1.59 bits per heavy atom. The topological polar surface area (TPSA) is 82.1 Å². The molecular weight excluding hydrogens is 348 g/mol. The maximum atomic E-state index is 12.8. The van der Waals surface area contributed by atoms with E-state index in [1.807, 2.05) is 18.2 Å². The van der Waals surface area contributed by atoms with Gasteiger partial charge in [0.2, 0.25) is 0 Å². The van der Waals surface area contributed by atoms with Gasteiger partial charge in [0.05, 0.1) is 25.9 Å². The number of methoxy groups -OCH3 is 2. The van der Waals surface area contributed by atoms with Crippen molar-refractivity contribution in [2.75, 3.05) is 45.3 Å². The minimum Gasteiger partial charge on any atom is -0.545 e. The Morgan fingerprint density at radius 1 is 0.926 bits per heavy atom. The first-order valence-corrected chi connectivity index (χ1v) is 8.61. The van der Waals surface area contributed by atoms with E-state index in [0.29, 0.717) is 26.2 Å². The normalized spacial score (nSPS) is 14.0. The number of hydrogen-bond acceptors (Lipinski definition) is 6. The van der Waals surface area contributed by atoms with Gasteiger partial charge in [-0.15, -0.1) is 0 Å². The molecule has 0 radical (unpaired) electrons. The van der Waals surface area contributed by atoms with Gasteiger partial charge in [0.1, 0.15) is 11.5 Å². The molecule has 1 fully saturated rings. The third kappa shape index (κ3) is 3.81. The Labute approximate surface area is 157 Å². The predicted molar refractivity (Wildman–Crippen MR) is 98.4 cm³/mol. The Morgan fingerprint density at radius 3 is 2.19 bits per heavy atom. The number of carboxylic acid groups (broad SMARTS) is 1. The molecule has 1 heterocycles. The van der Waals surface area contributed by atoms with Gasteiger partial charge in [-0.3, -0.25) is 4.79 Å². The van der Waals surface area contributed by atoms with Crippen LogP contribution in [0.2, 0.25) is 0 Å². The maximum absolute atomic E-state index is 12.8. The lowest BCUT2D eigenvalue weighted by Crippen LogP contribution is -2.49. The van der Waals surface area contributed by atoms with Crippen molar-refractivity contribution in [1.82, 2.24) is 4.90 Å². The van der Waals surface area contributed by atoms with Crippen molar-refractivity contribution in [2.45, 2.75) is 0 Å². The number of carboxylic acids is 1. The lowest BCUT2D eigenvalue weighted by molar-refractivity contribution is -0.255. The van der Waals surface area contributed by atoms with Crippen LogP contribution in [0.15, 0.2) is 42.5 Å². The van der Waals surface area contributed by atoms with Crippen molar-refractivity contribution in [2.24, 2.45) is 0 Å². The number of ether oxygens (including phenoxy) is 2. The Kier molecular flexibility index (Phi) is 5.49. The Bertz CT molecular complexity index is 844. The number of rotatable bonds is 5. The van der Waals surface area contributed by atoms with E-state index in [-0.39, 0.29) is 17.0 Å². The van der Waals surface area contributed by atoms with Crippen molar-refractivity contribution < 1.29 is 24.2 Å². The van der Waals surface area contributed by atoms with Gasteiger partial charge in [0.25, 0.3) is 5.91 Å². The van der Waals surface area contributed by atoms with Crippen LogP contribution in [0.4, 0.5) is 5.69 Å². The Balaban J connectivity index is 1.75. The van der Waals surface area contributed by atoms with Crippen molar-refractivity contribution >= 4 is 17.6 Å². The largest absolute Gasteiger partial charge is 0.545 e. The minimum atomic E-state index is -1.35. The summed E-state index contributed by atoms with van der Waals surface area (Å²) in [6.07, 6.45) is 0. The van der Waals surface area contributed by atoms with E-state index < -0.39 is 5.97 Å². The molecule has 1 aliphatic rings. The van der Waals surface area contributed by atoms with Gasteiger partial charge in [-0.05, 0) is 18.2 Å². The molecule has 1 amide bonds. The lowest BCUT2D eigenvalue weighted by Gasteiger charge is -2.37. The summed E-state index contributed by atoms with van der Waals surface area (Å²) in [6.45, 7) is 2.15. The molecule has 0 unspecified atom stereocenters. The molecule has 7 nitrogen and oxygen atoms in total. The monoisotopic (exact) mass is 369 g/mol. The maximum Gasteiger partial charge on any atom is 0.254 e. The molecule has 0 saturated carbocycles. The molecule has 3 rings (SSSR count). The average molecular weight is 369 g/mol. The highest BCUT2D eigenvalue weighted by molar-refractivity contribution is 6.04.